The van der Waals surface area contributed by atoms with E-state index in [-0.39, 0.29) is 18.5 Å². The largest absolute Gasteiger partial charge is 0.490 e. The van der Waals surface area contributed by atoms with Gasteiger partial charge in [-0.1, -0.05) is 17.0 Å². The number of phosphoric acid groups is 3. The highest BCUT2D eigenvalue weighted by atomic mass is 31.3. The van der Waals surface area contributed by atoms with Crippen LogP contribution in [0.15, 0.2) is 20.9 Å². The molecule has 200 valence electrons. The Morgan fingerprint density at radius 3 is 2.56 bits per heavy atom. The summed E-state index contributed by atoms with van der Waals surface area (Å²) in [4.78, 5) is 64.7. The van der Waals surface area contributed by atoms with Gasteiger partial charge in [0.15, 0.2) is 0 Å². The van der Waals surface area contributed by atoms with Gasteiger partial charge in [-0.25, -0.2) is 18.5 Å². The maximum atomic E-state index is 12.3. The van der Waals surface area contributed by atoms with E-state index < -0.39 is 66.5 Å². The quantitative estimate of drug-likeness (QED) is 0.0613. The molecule has 1 aromatic rings. The molecule has 0 amide bonds. The van der Waals surface area contributed by atoms with Crippen molar-refractivity contribution in [3.63, 3.8) is 0 Å². The zero-order valence-electron chi connectivity index (χ0n) is 17.7. The SMILES string of the molecule is [N-]=[N+]=NCOC1C[C@H](n2cc(C#CCN)c(=O)[nH]c2=O)O[C@@H]1COP(=O)(O)OP(=O)(O)OP(=O)(O)O. The molecule has 20 nitrogen and oxygen atoms in total. The zero-order chi connectivity index (χ0) is 27.1. The van der Waals surface area contributed by atoms with Gasteiger partial charge in [0.2, 0.25) is 0 Å². The third kappa shape index (κ3) is 9.37. The minimum absolute atomic E-state index is 0.0729. The van der Waals surface area contributed by atoms with Gasteiger partial charge in [-0.05, 0) is 5.53 Å². The van der Waals surface area contributed by atoms with Gasteiger partial charge >= 0.3 is 29.2 Å². The van der Waals surface area contributed by atoms with Gasteiger partial charge in [0.05, 0.1) is 19.3 Å². The average Bonchev–Trinajstić information content (AvgIpc) is 3.12. The molecule has 1 fully saturated rings. The molecule has 5 atom stereocenters. The molecule has 2 heterocycles. The predicted molar refractivity (Wildman–Crippen MR) is 114 cm³/mol. The van der Waals surface area contributed by atoms with Crippen molar-refractivity contribution in [2.24, 2.45) is 10.8 Å². The van der Waals surface area contributed by atoms with Crippen LogP contribution in [0.25, 0.3) is 10.4 Å². The highest BCUT2D eigenvalue weighted by molar-refractivity contribution is 7.66. The van der Waals surface area contributed by atoms with Crippen molar-refractivity contribution in [2.45, 2.75) is 24.9 Å². The van der Waals surface area contributed by atoms with Crippen LogP contribution in [0.3, 0.4) is 0 Å². The fourth-order valence-corrected chi connectivity index (χ4v) is 5.79. The van der Waals surface area contributed by atoms with Crippen molar-refractivity contribution in [3.8, 4) is 11.8 Å². The number of hydrogen-bond donors (Lipinski definition) is 6. The van der Waals surface area contributed by atoms with Gasteiger partial charge in [0.25, 0.3) is 5.56 Å². The second kappa shape index (κ2) is 12.4. The molecule has 23 heteroatoms. The Labute approximate surface area is 200 Å². The van der Waals surface area contributed by atoms with Crippen molar-refractivity contribution >= 4 is 23.5 Å². The first-order valence-corrected chi connectivity index (χ1v) is 13.8. The lowest BCUT2D eigenvalue weighted by molar-refractivity contribution is -0.0601. The first-order chi connectivity index (χ1) is 16.7. The number of nitrogens with zero attached hydrogens (tertiary/aromatic N) is 4. The Morgan fingerprint density at radius 2 is 1.94 bits per heavy atom. The zero-order valence-corrected chi connectivity index (χ0v) is 20.4. The summed E-state index contributed by atoms with van der Waals surface area (Å²) in [5.74, 6) is 4.90. The smallest absolute Gasteiger partial charge is 0.369 e. The summed E-state index contributed by atoms with van der Waals surface area (Å²) >= 11 is 0. The summed E-state index contributed by atoms with van der Waals surface area (Å²) in [7, 11) is -16.8. The molecular formula is C13H19N6O14P3. The summed E-state index contributed by atoms with van der Waals surface area (Å²) in [6, 6.07) is 0. The molecule has 1 saturated heterocycles. The van der Waals surface area contributed by atoms with E-state index >= 15 is 0 Å². The van der Waals surface area contributed by atoms with Crippen LogP contribution in [0, 0.1) is 11.8 Å². The van der Waals surface area contributed by atoms with Crippen molar-refractivity contribution in [1.29, 1.82) is 0 Å². The maximum absolute atomic E-state index is 12.3. The number of H-pyrrole nitrogens is 1. The fraction of sp³-hybridized carbons (Fsp3) is 0.538. The van der Waals surface area contributed by atoms with Crippen molar-refractivity contribution in [3.05, 3.63) is 43.0 Å². The second-order valence-corrected chi connectivity index (χ2v) is 11.0. The lowest BCUT2D eigenvalue weighted by atomic mass is 10.2. The normalized spacial score (nSPS) is 23.1. The van der Waals surface area contributed by atoms with Crippen LogP contribution in [-0.4, -0.2) is 61.2 Å². The molecule has 0 spiro atoms. The Morgan fingerprint density at radius 1 is 1.25 bits per heavy atom. The van der Waals surface area contributed by atoms with Crippen LogP contribution in [0.4, 0.5) is 0 Å². The van der Waals surface area contributed by atoms with E-state index in [4.69, 9.17) is 30.5 Å². The predicted octanol–water partition coefficient (Wildman–Crippen LogP) is -0.869. The number of rotatable bonds is 11. The molecule has 1 aliphatic rings. The second-order valence-electron chi connectivity index (χ2n) is 6.53. The fourth-order valence-electron chi connectivity index (χ4n) is 2.76. The molecule has 0 aliphatic carbocycles. The van der Waals surface area contributed by atoms with Gasteiger partial charge in [-0.2, -0.15) is 8.62 Å². The third-order valence-electron chi connectivity index (χ3n) is 4.01. The Hall–Kier alpha value is -2.16. The lowest BCUT2D eigenvalue weighted by Crippen LogP contribution is -2.33. The van der Waals surface area contributed by atoms with Crippen LogP contribution in [0.1, 0.15) is 18.2 Å². The van der Waals surface area contributed by atoms with Gasteiger partial charge in [0, 0.05) is 17.5 Å². The van der Waals surface area contributed by atoms with Crippen LogP contribution in [0.5, 0.6) is 0 Å². The highest BCUT2D eigenvalue weighted by Gasteiger charge is 2.43. The van der Waals surface area contributed by atoms with E-state index in [9.17, 15) is 33.1 Å². The van der Waals surface area contributed by atoms with Crippen molar-refractivity contribution < 1.29 is 55.9 Å². The van der Waals surface area contributed by atoms with E-state index in [0.29, 0.717) is 0 Å². The molecule has 1 aliphatic heterocycles. The van der Waals surface area contributed by atoms with Crippen LogP contribution in [-0.2, 0) is 36.3 Å². The number of nitrogens with one attached hydrogen (secondary N) is 1. The van der Waals surface area contributed by atoms with E-state index in [0.717, 1.165) is 10.8 Å². The Kier molecular flexibility index (Phi) is 10.3. The number of aromatic amines is 1. The van der Waals surface area contributed by atoms with E-state index in [1.165, 1.54) is 0 Å². The third-order valence-corrected chi connectivity index (χ3v) is 7.81. The van der Waals surface area contributed by atoms with Crippen LogP contribution < -0.4 is 17.0 Å². The van der Waals surface area contributed by atoms with Crippen molar-refractivity contribution in [1.82, 2.24) is 9.55 Å². The molecule has 0 aromatic carbocycles. The molecule has 0 bridgehead atoms. The summed E-state index contributed by atoms with van der Waals surface area (Å²) in [6.45, 7) is -1.51. The minimum Gasteiger partial charge on any atom is -0.369 e. The summed E-state index contributed by atoms with van der Waals surface area (Å²) < 4.78 is 57.7. The molecule has 36 heavy (non-hydrogen) atoms. The van der Waals surface area contributed by atoms with Crippen molar-refractivity contribution in [2.75, 3.05) is 19.9 Å². The van der Waals surface area contributed by atoms with E-state index in [1.54, 1.807) is 0 Å². The molecule has 3 unspecified atom stereocenters. The first-order valence-electron chi connectivity index (χ1n) is 9.27. The van der Waals surface area contributed by atoms with Crippen LogP contribution >= 0.6 is 23.5 Å². The summed E-state index contributed by atoms with van der Waals surface area (Å²) in [5.41, 5.74) is 11.8. The Balaban J connectivity index is 2.23. The lowest BCUT2D eigenvalue weighted by Gasteiger charge is -2.20. The topological polar surface area (TPSA) is 308 Å². The average molecular weight is 576 g/mol. The van der Waals surface area contributed by atoms with Gasteiger partial charge in [-0.15, -0.1) is 0 Å². The number of hydrogen-bond acceptors (Lipinski definition) is 12. The summed E-state index contributed by atoms with van der Waals surface area (Å²) in [6.07, 6.45) is -2.61. The number of ether oxygens (including phenoxy) is 2. The van der Waals surface area contributed by atoms with Crippen LogP contribution in [0.2, 0.25) is 0 Å². The molecule has 1 aromatic heterocycles. The number of nitrogens with two attached hydrogens (primary N) is 1. The minimum atomic E-state index is -5.75. The maximum Gasteiger partial charge on any atom is 0.490 e. The van der Waals surface area contributed by atoms with E-state index in [2.05, 4.69) is 35.0 Å². The standard InChI is InChI=1S/C13H19N6O14P3/c14-3-1-2-8-5-19(13(21)17-12(8)20)11-4-9(29-7-16-18-15)10(31-11)6-30-35(25,26)33-36(27,28)32-34(22,23)24/h5,9-11H,3-4,6-7,14H2,(H,25,26)(H,27,28)(H,17,20,21)(H2,22,23,24)/t9?,10-,11-/m1/s1. The molecule has 2 rings (SSSR count). The first kappa shape index (κ1) is 30.1. The molecule has 0 saturated carbocycles. The molecular weight excluding hydrogens is 557 g/mol. The van der Waals surface area contributed by atoms with Gasteiger partial charge in [-0.3, -0.25) is 18.9 Å². The highest BCUT2D eigenvalue weighted by Crippen LogP contribution is 2.66. The molecule has 0 radical (unpaired) electrons. The Bertz CT molecular complexity index is 1320. The molecule has 7 N–H and O–H groups in total. The monoisotopic (exact) mass is 576 g/mol. The summed E-state index contributed by atoms with van der Waals surface area (Å²) in [5, 5.41) is 3.16. The number of azide groups is 1. The van der Waals surface area contributed by atoms with Gasteiger partial charge in [0.1, 0.15) is 24.6 Å². The number of phosphoric ester groups is 1. The van der Waals surface area contributed by atoms with Gasteiger partial charge < -0.3 is 34.8 Å². The van der Waals surface area contributed by atoms with E-state index in [1.807, 2.05) is 4.98 Å². The number of aromatic nitrogens is 2.